The van der Waals surface area contributed by atoms with Crippen LogP contribution < -0.4 is 13.8 Å². The van der Waals surface area contributed by atoms with Gasteiger partial charge in [0, 0.05) is 13.1 Å². The molecule has 178 valence electrons. The van der Waals surface area contributed by atoms with Crippen LogP contribution in [0.15, 0.2) is 71.6 Å². The highest BCUT2D eigenvalue weighted by molar-refractivity contribution is 7.92. The lowest BCUT2D eigenvalue weighted by Gasteiger charge is -2.32. The molecule has 1 heterocycles. The molecule has 1 amide bonds. The zero-order valence-electron chi connectivity index (χ0n) is 18.9. The van der Waals surface area contributed by atoms with E-state index in [1.807, 2.05) is 12.1 Å². The summed E-state index contributed by atoms with van der Waals surface area (Å²) < 4.78 is 52.0. The number of sulfonamides is 1. The second kappa shape index (κ2) is 9.72. The minimum Gasteiger partial charge on any atom is -0.493 e. The van der Waals surface area contributed by atoms with Crippen LogP contribution >= 0.6 is 0 Å². The van der Waals surface area contributed by atoms with Crippen molar-refractivity contribution in [2.75, 3.05) is 31.6 Å². The van der Waals surface area contributed by atoms with Crippen molar-refractivity contribution in [1.82, 2.24) is 4.90 Å². The van der Waals surface area contributed by atoms with Gasteiger partial charge in [-0.3, -0.25) is 9.10 Å². The number of carbonyl (C=O) groups is 1. The zero-order valence-corrected chi connectivity index (χ0v) is 19.7. The summed E-state index contributed by atoms with van der Waals surface area (Å²) >= 11 is 0. The Bertz CT molecular complexity index is 1280. The average Bonchev–Trinajstić information content (AvgIpc) is 2.86. The number of hydrogen-bond acceptors (Lipinski definition) is 5. The van der Waals surface area contributed by atoms with E-state index in [0.717, 1.165) is 27.6 Å². The molecule has 0 N–H and O–H groups in total. The molecular formula is C25H25FN2O5S. The van der Waals surface area contributed by atoms with Crippen molar-refractivity contribution < 1.29 is 27.1 Å². The highest BCUT2D eigenvalue weighted by Gasteiger charge is 2.30. The minimum absolute atomic E-state index is 0.0913. The molecule has 0 bridgehead atoms. The van der Waals surface area contributed by atoms with Crippen molar-refractivity contribution >= 4 is 21.6 Å². The smallest absolute Gasteiger partial charge is 0.264 e. The summed E-state index contributed by atoms with van der Waals surface area (Å²) in [7, 11) is -0.980. The van der Waals surface area contributed by atoms with Crippen molar-refractivity contribution in [2.24, 2.45) is 0 Å². The average molecular weight is 485 g/mol. The number of fused-ring (bicyclic) bond motifs is 1. The van der Waals surface area contributed by atoms with E-state index in [9.17, 15) is 17.6 Å². The van der Waals surface area contributed by atoms with Crippen LogP contribution in [0.5, 0.6) is 11.5 Å². The minimum atomic E-state index is -4.10. The Morgan fingerprint density at radius 1 is 0.971 bits per heavy atom. The Labute approximate surface area is 198 Å². The van der Waals surface area contributed by atoms with E-state index in [2.05, 4.69) is 0 Å². The molecule has 0 unspecified atom stereocenters. The Morgan fingerprint density at radius 3 is 2.21 bits per heavy atom. The SMILES string of the molecule is COc1cc2c(cc1OC)CN(C(=O)CN(c1ccccc1)S(=O)(=O)c1ccc(F)cc1)CC2. The first-order valence-electron chi connectivity index (χ1n) is 10.7. The van der Waals surface area contributed by atoms with Gasteiger partial charge in [0.15, 0.2) is 11.5 Å². The first-order valence-corrected chi connectivity index (χ1v) is 12.1. The van der Waals surface area contributed by atoms with Gasteiger partial charge in [-0.15, -0.1) is 0 Å². The third-order valence-electron chi connectivity index (χ3n) is 5.80. The second-order valence-corrected chi connectivity index (χ2v) is 9.70. The molecule has 34 heavy (non-hydrogen) atoms. The number of ether oxygens (including phenoxy) is 2. The Hall–Kier alpha value is -3.59. The molecule has 0 atom stereocenters. The summed E-state index contributed by atoms with van der Waals surface area (Å²) in [6.07, 6.45) is 0.609. The molecule has 0 aliphatic carbocycles. The third-order valence-corrected chi connectivity index (χ3v) is 7.58. The molecule has 0 spiro atoms. The van der Waals surface area contributed by atoms with Crippen molar-refractivity contribution in [1.29, 1.82) is 0 Å². The predicted molar refractivity (Wildman–Crippen MR) is 126 cm³/mol. The van der Waals surface area contributed by atoms with Gasteiger partial charge >= 0.3 is 0 Å². The van der Waals surface area contributed by atoms with E-state index in [-0.39, 0.29) is 17.3 Å². The van der Waals surface area contributed by atoms with Crippen LogP contribution in [0.4, 0.5) is 10.1 Å². The van der Waals surface area contributed by atoms with Crippen LogP contribution in [-0.2, 0) is 27.8 Å². The monoisotopic (exact) mass is 484 g/mol. The largest absolute Gasteiger partial charge is 0.493 e. The van der Waals surface area contributed by atoms with E-state index in [0.29, 0.717) is 36.7 Å². The standard InChI is InChI=1S/C25H25FN2O5S/c1-32-23-14-18-12-13-27(16-19(18)15-24(23)33-2)25(29)17-28(21-6-4-3-5-7-21)34(30,31)22-10-8-20(26)9-11-22/h3-11,14-15H,12-13,16-17H2,1-2H3. The number of hydrogen-bond donors (Lipinski definition) is 0. The molecular weight excluding hydrogens is 459 g/mol. The lowest BCUT2D eigenvalue weighted by molar-refractivity contribution is -0.130. The molecule has 4 rings (SSSR count). The molecule has 7 nitrogen and oxygen atoms in total. The lowest BCUT2D eigenvalue weighted by atomic mass is 9.98. The predicted octanol–water partition coefficient (Wildman–Crippen LogP) is 3.62. The number of methoxy groups -OCH3 is 2. The quantitative estimate of drug-likeness (QED) is 0.512. The summed E-state index contributed by atoms with van der Waals surface area (Å²) in [6, 6.07) is 16.7. The summed E-state index contributed by atoms with van der Waals surface area (Å²) in [5, 5.41) is 0. The maximum absolute atomic E-state index is 13.4. The van der Waals surface area contributed by atoms with Gasteiger partial charge in [0.05, 0.1) is 24.8 Å². The first kappa shape index (κ1) is 23.6. The Morgan fingerprint density at radius 2 is 1.59 bits per heavy atom. The maximum Gasteiger partial charge on any atom is 0.264 e. The summed E-state index contributed by atoms with van der Waals surface area (Å²) in [5.41, 5.74) is 2.33. The van der Waals surface area contributed by atoms with E-state index in [4.69, 9.17) is 9.47 Å². The van der Waals surface area contributed by atoms with Crippen LogP contribution in [0.25, 0.3) is 0 Å². The first-order chi connectivity index (χ1) is 16.3. The molecule has 0 saturated carbocycles. The highest BCUT2D eigenvalue weighted by Crippen LogP contribution is 2.33. The molecule has 9 heteroatoms. The molecule has 0 aromatic heterocycles. The summed E-state index contributed by atoms with van der Waals surface area (Å²) in [6.45, 7) is 0.390. The van der Waals surface area contributed by atoms with Crippen molar-refractivity contribution in [2.45, 2.75) is 17.9 Å². The number of halogens is 1. The number of nitrogens with zero attached hydrogens (tertiary/aromatic N) is 2. The van der Waals surface area contributed by atoms with E-state index in [1.54, 1.807) is 49.5 Å². The highest BCUT2D eigenvalue weighted by atomic mass is 32.2. The van der Waals surface area contributed by atoms with E-state index >= 15 is 0 Å². The van der Waals surface area contributed by atoms with Gasteiger partial charge in [-0.2, -0.15) is 0 Å². The van der Waals surface area contributed by atoms with Crippen molar-refractivity contribution in [3.8, 4) is 11.5 Å². The van der Waals surface area contributed by atoms with Gasteiger partial charge in [0.25, 0.3) is 10.0 Å². The lowest BCUT2D eigenvalue weighted by Crippen LogP contribution is -2.44. The van der Waals surface area contributed by atoms with E-state index < -0.39 is 15.8 Å². The molecule has 1 aliphatic rings. The number of anilines is 1. The number of rotatable bonds is 7. The summed E-state index contributed by atoms with van der Waals surface area (Å²) in [4.78, 5) is 14.8. The fourth-order valence-electron chi connectivity index (χ4n) is 3.96. The normalized spacial score (nSPS) is 13.2. The van der Waals surface area contributed by atoms with Gasteiger partial charge < -0.3 is 14.4 Å². The number of carbonyl (C=O) groups excluding carboxylic acids is 1. The number of benzene rings is 3. The van der Waals surface area contributed by atoms with Gasteiger partial charge in [-0.1, -0.05) is 18.2 Å². The Kier molecular flexibility index (Phi) is 6.74. The van der Waals surface area contributed by atoms with Crippen LogP contribution in [-0.4, -0.2) is 46.5 Å². The number of amides is 1. The van der Waals surface area contributed by atoms with E-state index in [1.165, 1.54) is 12.1 Å². The van der Waals surface area contributed by atoms with Crippen LogP contribution in [0.2, 0.25) is 0 Å². The molecule has 0 saturated heterocycles. The Balaban J connectivity index is 1.61. The van der Waals surface area contributed by atoms with Crippen LogP contribution in [0, 0.1) is 5.82 Å². The zero-order chi connectivity index (χ0) is 24.3. The van der Waals surface area contributed by atoms with Crippen molar-refractivity contribution in [3.63, 3.8) is 0 Å². The van der Waals surface area contributed by atoms with Gasteiger partial charge in [0.2, 0.25) is 5.91 Å². The van der Waals surface area contributed by atoms with Gasteiger partial charge in [0.1, 0.15) is 12.4 Å². The molecule has 0 fully saturated rings. The van der Waals surface area contributed by atoms with Gasteiger partial charge in [-0.05, 0) is 66.1 Å². The second-order valence-electron chi connectivity index (χ2n) is 7.84. The fraction of sp³-hybridized carbons (Fsp3) is 0.240. The molecule has 3 aromatic carbocycles. The van der Waals surface area contributed by atoms with Crippen LogP contribution in [0.1, 0.15) is 11.1 Å². The van der Waals surface area contributed by atoms with Crippen LogP contribution in [0.3, 0.4) is 0 Å². The number of para-hydroxylation sites is 1. The topological polar surface area (TPSA) is 76.2 Å². The summed E-state index contributed by atoms with van der Waals surface area (Å²) in [5.74, 6) is 0.317. The third kappa shape index (κ3) is 4.70. The van der Waals surface area contributed by atoms with Crippen molar-refractivity contribution in [3.05, 3.63) is 83.7 Å². The molecule has 0 radical (unpaired) electrons. The molecule has 3 aromatic rings. The maximum atomic E-state index is 13.4. The molecule has 1 aliphatic heterocycles. The van der Waals surface area contributed by atoms with Gasteiger partial charge in [-0.25, -0.2) is 12.8 Å². The fourth-order valence-corrected chi connectivity index (χ4v) is 5.38.